The van der Waals surface area contributed by atoms with Gasteiger partial charge in [0, 0.05) is 18.4 Å². The predicted octanol–water partition coefficient (Wildman–Crippen LogP) is 2.57. The molecule has 1 aromatic heterocycles. The Balaban J connectivity index is 2.38. The lowest BCUT2D eigenvalue weighted by Gasteiger charge is -2.24. The van der Waals surface area contributed by atoms with Gasteiger partial charge in [0.1, 0.15) is 0 Å². The monoisotopic (exact) mass is 263 g/mol. The summed E-state index contributed by atoms with van der Waals surface area (Å²) in [6.45, 7) is 3.63. The second-order valence-electron chi connectivity index (χ2n) is 5.24. The van der Waals surface area contributed by atoms with Crippen LogP contribution in [0.1, 0.15) is 62.6 Å². The molecule has 0 aliphatic heterocycles. The summed E-state index contributed by atoms with van der Waals surface area (Å²) in [4.78, 5) is 28.7. The van der Waals surface area contributed by atoms with Crippen molar-refractivity contribution in [3.05, 3.63) is 33.7 Å². The molecule has 4 heteroatoms. The van der Waals surface area contributed by atoms with Crippen molar-refractivity contribution in [1.29, 1.82) is 0 Å². The summed E-state index contributed by atoms with van der Waals surface area (Å²) in [7, 11) is 0. The molecule has 1 heterocycles. The van der Waals surface area contributed by atoms with Crippen LogP contribution in [0.15, 0.2) is 16.9 Å². The molecule has 19 heavy (non-hydrogen) atoms. The van der Waals surface area contributed by atoms with Gasteiger partial charge in [0.2, 0.25) is 0 Å². The van der Waals surface area contributed by atoms with Crippen molar-refractivity contribution in [2.45, 2.75) is 58.3 Å². The molecular formula is C15H21NO3. The van der Waals surface area contributed by atoms with Crippen molar-refractivity contribution in [2.24, 2.45) is 0 Å². The number of rotatable bonds is 3. The van der Waals surface area contributed by atoms with E-state index in [0.717, 1.165) is 24.1 Å². The molecular weight excluding hydrogens is 242 g/mol. The first kappa shape index (κ1) is 13.8. The van der Waals surface area contributed by atoms with E-state index in [4.69, 9.17) is 4.84 Å². The fourth-order valence-electron chi connectivity index (χ4n) is 2.66. The lowest BCUT2D eigenvalue weighted by Crippen LogP contribution is -2.34. The highest BCUT2D eigenvalue weighted by atomic mass is 16.7. The van der Waals surface area contributed by atoms with Crippen LogP contribution in [0.5, 0.6) is 0 Å². The molecule has 0 amide bonds. The van der Waals surface area contributed by atoms with Gasteiger partial charge < -0.3 is 4.84 Å². The molecule has 0 saturated heterocycles. The molecule has 0 unspecified atom stereocenters. The summed E-state index contributed by atoms with van der Waals surface area (Å²) in [5.41, 5.74) is 1.53. The summed E-state index contributed by atoms with van der Waals surface area (Å²) in [6, 6.07) is 3.48. The molecule has 0 bridgehead atoms. The van der Waals surface area contributed by atoms with Crippen LogP contribution in [0.3, 0.4) is 0 Å². The Morgan fingerprint density at radius 2 is 2.00 bits per heavy atom. The Kier molecular flexibility index (Phi) is 4.40. The van der Waals surface area contributed by atoms with Crippen molar-refractivity contribution in [2.75, 3.05) is 0 Å². The SMILES string of the molecule is CCC(=O)On1c(C2CCCCC2)cc(C)cc1=O. The average molecular weight is 263 g/mol. The Hall–Kier alpha value is -1.58. The van der Waals surface area contributed by atoms with Gasteiger partial charge in [0.15, 0.2) is 0 Å². The van der Waals surface area contributed by atoms with Gasteiger partial charge in [-0.15, -0.1) is 4.73 Å². The summed E-state index contributed by atoms with van der Waals surface area (Å²) in [5, 5.41) is 0. The minimum atomic E-state index is -0.372. The van der Waals surface area contributed by atoms with Crippen molar-refractivity contribution < 1.29 is 9.63 Å². The maximum absolute atomic E-state index is 12.0. The largest absolute Gasteiger partial charge is 0.333 e. The Bertz CT molecular complexity index is 513. The zero-order valence-corrected chi connectivity index (χ0v) is 11.6. The molecule has 0 aromatic carbocycles. The molecule has 1 fully saturated rings. The van der Waals surface area contributed by atoms with Crippen LogP contribution in [-0.2, 0) is 4.79 Å². The van der Waals surface area contributed by atoms with E-state index in [0.29, 0.717) is 5.92 Å². The number of nitrogens with zero attached hydrogens (tertiary/aromatic N) is 1. The third-order valence-electron chi connectivity index (χ3n) is 3.67. The van der Waals surface area contributed by atoms with Crippen molar-refractivity contribution >= 4 is 5.97 Å². The van der Waals surface area contributed by atoms with E-state index < -0.39 is 0 Å². The number of aromatic nitrogens is 1. The fourth-order valence-corrected chi connectivity index (χ4v) is 2.66. The Morgan fingerprint density at radius 1 is 1.32 bits per heavy atom. The zero-order valence-electron chi connectivity index (χ0n) is 11.6. The van der Waals surface area contributed by atoms with Gasteiger partial charge >= 0.3 is 5.97 Å². The minimum Gasteiger partial charge on any atom is -0.333 e. The molecule has 2 rings (SSSR count). The van der Waals surface area contributed by atoms with E-state index in [1.807, 2.05) is 13.0 Å². The van der Waals surface area contributed by atoms with E-state index >= 15 is 0 Å². The van der Waals surface area contributed by atoms with E-state index in [1.165, 1.54) is 30.1 Å². The summed E-state index contributed by atoms with van der Waals surface area (Å²) < 4.78 is 1.20. The second-order valence-corrected chi connectivity index (χ2v) is 5.24. The van der Waals surface area contributed by atoms with Crippen LogP contribution in [-0.4, -0.2) is 10.7 Å². The molecule has 0 N–H and O–H groups in total. The fraction of sp³-hybridized carbons (Fsp3) is 0.600. The molecule has 104 valence electrons. The predicted molar refractivity (Wildman–Crippen MR) is 73.1 cm³/mol. The maximum Gasteiger partial charge on any atom is 0.332 e. The van der Waals surface area contributed by atoms with Crippen LogP contribution in [0, 0.1) is 6.92 Å². The first-order chi connectivity index (χ1) is 9.11. The van der Waals surface area contributed by atoms with Crippen molar-refractivity contribution in [3.63, 3.8) is 0 Å². The van der Waals surface area contributed by atoms with Gasteiger partial charge in [0.25, 0.3) is 5.56 Å². The third kappa shape index (κ3) is 3.25. The maximum atomic E-state index is 12.0. The summed E-state index contributed by atoms with van der Waals surface area (Å²) in [5.74, 6) is -0.0472. The van der Waals surface area contributed by atoms with Crippen LogP contribution in [0.2, 0.25) is 0 Å². The molecule has 1 aromatic rings. The van der Waals surface area contributed by atoms with Crippen LogP contribution in [0.4, 0.5) is 0 Å². The number of carbonyl (C=O) groups is 1. The molecule has 4 nitrogen and oxygen atoms in total. The van der Waals surface area contributed by atoms with Gasteiger partial charge in [0.05, 0.1) is 5.69 Å². The highest BCUT2D eigenvalue weighted by Crippen LogP contribution is 2.32. The quantitative estimate of drug-likeness (QED) is 0.842. The minimum absolute atomic E-state index is 0.248. The van der Waals surface area contributed by atoms with Gasteiger partial charge in [-0.2, -0.15) is 0 Å². The highest BCUT2D eigenvalue weighted by molar-refractivity contribution is 5.69. The van der Waals surface area contributed by atoms with Gasteiger partial charge in [-0.1, -0.05) is 26.2 Å². The number of pyridine rings is 1. The van der Waals surface area contributed by atoms with Crippen LogP contribution in [0.25, 0.3) is 0 Å². The zero-order chi connectivity index (χ0) is 13.8. The van der Waals surface area contributed by atoms with Crippen LogP contribution >= 0.6 is 0 Å². The molecule has 0 radical (unpaired) electrons. The molecule has 1 aliphatic rings. The van der Waals surface area contributed by atoms with E-state index in [2.05, 4.69) is 0 Å². The van der Waals surface area contributed by atoms with E-state index in [1.54, 1.807) is 6.92 Å². The summed E-state index contributed by atoms with van der Waals surface area (Å²) >= 11 is 0. The standard InChI is InChI=1S/C15H21NO3/c1-3-15(18)19-16-13(9-11(2)10-14(16)17)12-7-5-4-6-8-12/h9-10,12H,3-8H2,1-2H3. The van der Waals surface area contributed by atoms with E-state index in [9.17, 15) is 9.59 Å². The average Bonchev–Trinajstić information content (AvgIpc) is 2.42. The summed E-state index contributed by atoms with van der Waals surface area (Å²) in [6.07, 6.45) is 5.99. The molecule has 0 atom stereocenters. The van der Waals surface area contributed by atoms with Gasteiger partial charge in [-0.05, 0) is 31.4 Å². The Morgan fingerprint density at radius 3 is 2.63 bits per heavy atom. The number of aryl methyl sites for hydroxylation is 1. The first-order valence-electron chi connectivity index (χ1n) is 7.06. The normalized spacial score (nSPS) is 16.3. The second kappa shape index (κ2) is 6.04. The molecule has 0 spiro atoms. The lowest BCUT2D eigenvalue weighted by atomic mass is 9.86. The smallest absolute Gasteiger partial charge is 0.332 e. The van der Waals surface area contributed by atoms with Crippen LogP contribution < -0.4 is 10.4 Å². The first-order valence-corrected chi connectivity index (χ1v) is 7.06. The van der Waals surface area contributed by atoms with Gasteiger partial charge in [-0.25, -0.2) is 4.79 Å². The van der Waals surface area contributed by atoms with Crippen molar-refractivity contribution in [1.82, 2.24) is 4.73 Å². The number of hydrogen-bond donors (Lipinski definition) is 0. The topological polar surface area (TPSA) is 48.3 Å². The van der Waals surface area contributed by atoms with E-state index in [-0.39, 0.29) is 17.9 Å². The Labute approximate surface area is 113 Å². The third-order valence-corrected chi connectivity index (χ3v) is 3.67. The van der Waals surface area contributed by atoms with Crippen molar-refractivity contribution in [3.8, 4) is 0 Å². The number of hydrogen-bond acceptors (Lipinski definition) is 3. The molecule has 1 aliphatic carbocycles. The lowest BCUT2D eigenvalue weighted by molar-refractivity contribution is -0.144. The molecule has 1 saturated carbocycles. The number of carbonyl (C=O) groups excluding carboxylic acids is 1. The van der Waals surface area contributed by atoms with Gasteiger partial charge in [-0.3, -0.25) is 4.79 Å². The highest BCUT2D eigenvalue weighted by Gasteiger charge is 2.21.